The highest BCUT2D eigenvalue weighted by atomic mass is 14.8. The van der Waals surface area contributed by atoms with Gasteiger partial charge in [0, 0.05) is 6.04 Å². The first kappa shape index (κ1) is 12.7. The van der Waals surface area contributed by atoms with Crippen LogP contribution < -0.4 is 5.73 Å². The van der Waals surface area contributed by atoms with Gasteiger partial charge in [-0.05, 0) is 39.2 Å². The first-order chi connectivity index (χ1) is 8.85. The van der Waals surface area contributed by atoms with Crippen LogP contribution in [0.25, 0.3) is 10.8 Å². The zero-order valence-electron chi connectivity index (χ0n) is 12.3. The molecule has 0 radical (unpaired) electrons. The summed E-state index contributed by atoms with van der Waals surface area (Å²) in [5, 5.41) is 2.57. The maximum absolute atomic E-state index is 6.54. The maximum Gasteiger partial charge on any atom is 0.0334 e. The molecule has 100 valence electrons. The van der Waals surface area contributed by atoms with Crippen LogP contribution in [0.1, 0.15) is 39.3 Å². The van der Waals surface area contributed by atoms with Crippen LogP contribution in [0.15, 0.2) is 42.5 Å². The molecule has 0 bridgehead atoms. The second-order valence-corrected chi connectivity index (χ2v) is 7.05. The van der Waals surface area contributed by atoms with Crippen LogP contribution >= 0.6 is 0 Å². The highest BCUT2D eigenvalue weighted by molar-refractivity contribution is 5.83. The Morgan fingerprint density at radius 3 is 2.05 bits per heavy atom. The summed E-state index contributed by atoms with van der Waals surface area (Å²) in [7, 11) is 0. The van der Waals surface area contributed by atoms with Crippen LogP contribution in [-0.4, -0.2) is 0 Å². The van der Waals surface area contributed by atoms with Gasteiger partial charge in [-0.1, -0.05) is 64.1 Å². The summed E-state index contributed by atoms with van der Waals surface area (Å²) < 4.78 is 0. The molecule has 0 aromatic heterocycles. The monoisotopic (exact) mass is 253 g/mol. The molecule has 2 aromatic carbocycles. The third-order valence-electron chi connectivity index (χ3n) is 5.65. The number of benzene rings is 2. The van der Waals surface area contributed by atoms with Crippen molar-refractivity contribution in [2.45, 2.75) is 33.7 Å². The van der Waals surface area contributed by atoms with Gasteiger partial charge >= 0.3 is 0 Å². The van der Waals surface area contributed by atoms with Crippen molar-refractivity contribution >= 4 is 10.8 Å². The second-order valence-electron chi connectivity index (χ2n) is 7.05. The molecule has 0 aliphatic heterocycles. The minimum atomic E-state index is 0.134. The summed E-state index contributed by atoms with van der Waals surface area (Å²) in [5.74, 6) is 0.557. The summed E-state index contributed by atoms with van der Waals surface area (Å²) in [6, 6.07) is 15.2. The maximum atomic E-state index is 6.54. The molecule has 0 spiro atoms. The third kappa shape index (κ3) is 1.72. The summed E-state index contributed by atoms with van der Waals surface area (Å²) in [6.07, 6.45) is 0. The number of nitrogens with two attached hydrogens (primary N) is 1. The summed E-state index contributed by atoms with van der Waals surface area (Å²) >= 11 is 0. The van der Waals surface area contributed by atoms with Crippen molar-refractivity contribution in [3.63, 3.8) is 0 Å². The highest BCUT2D eigenvalue weighted by Crippen LogP contribution is 2.71. The van der Waals surface area contributed by atoms with E-state index < -0.39 is 0 Å². The van der Waals surface area contributed by atoms with E-state index >= 15 is 0 Å². The number of fused-ring (bicyclic) bond motifs is 1. The van der Waals surface area contributed by atoms with Crippen molar-refractivity contribution in [2.75, 3.05) is 0 Å². The lowest BCUT2D eigenvalue weighted by Crippen LogP contribution is -2.16. The molecule has 1 nitrogen and oxygen atoms in total. The van der Waals surface area contributed by atoms with E-state index in [0.29, 0.717) is 16.7 Å². The summed E-state index contributed by atoms with van der Waals surface area (Å²) in [5.41, 5.74) is 8.47. The predicted molar refractivity (Wildman–Crippen MR) is 81.9 cm³/mol. The van der Waals surface area contributed by atoms with Crippen LogP contribution in [0.2, 0.25) is 0 Å². The molecule has 2 aromatic rings. The van der Waals surface area contributed by atoms with Crippen molar-refractivity contribution in [2.24, 2.45) is 22.5 Å². The van der Waals surface area contributed by atoms with Gasteiger partial charge < -0.3 is 5.73 Å². The van der Waals surface area contributed by atoms with Crippen LogP contribution in [0, 0.1) is 16.7 Å². The molecule has 19 heavy (non-hydrogen) atoms. The van der Waals surface area contributed by atoms with Gasteiger partial charge in [-0.25, -0.2) is 0 Å². The molecule has 1 heteroatoms. The van der Waals surface area contributed by atoms with Gasteiger partial charge in [0.2, 0.25) is 0 Å². The lowest BCUT2D eigenvalue weighted by molar-refractivity contribution is 0.457. The number of hydrogen-bond acceptors (Lipinski definition) is 1. The highest BCUT2D eigenvalue weighted by Gasteiger charge is 2.66. The van der Waals surface area contributed by atoms with E-state index in [9.17, 15) is 0 Å². The molecule has 1 aliphatic rings. The molecule has 2 N–H and O–H groups in total. The van der Waals surface area contributed by atoms with Gasteiger partial charge in [0.05, 0.1) is 0 Å². The van der Waals surface area contributed by atoms with Crippen molar-refractivity contribution in [1.29, 1.82) is 0 Å². The van der Waals surface area contributed by atoms with E-state index in [1.807, 2.05) is 0 Å². The standard InChI is InChI=1S/C18H23N/c1-17(2)16(18(17,3)4)15(19)14-10-9-12-7-5-6-8-13(12)11-14/h5-11,15-16H,19H2,1-4H3. The lowest BCUT2D eigenvalue weighted by Gasteiger charge is -2.15. The molecule has 0 amide bonds. The largest absolute Gasteiger partial charge is 0.324 e. The van der Waals surface area contributed by atoms with E-state index in [4.69, 9.17) is 5.73 Å². The fraction of sp³-hybridized carbons (Fsp3) is 0.444. The average Bonchev–Trinajstić information content (AvgIpc) is 2.78. The van der Waals surface area contributed by atoms with Crippen molar-refractivity contribution < 1.29 is 0 Å². The second kappa shape index (κ2) is 3.83. The zero-order valence-corrected chi connectivity index (χ0v) is 12.3. The van der Waals surface area contributed by atoms with Gasteiger partial charge in [-0.2, -0.15) is 0 Å². The van der Waals surface area contributed by atoms with Crippen LogP contribution in [0.4, 0.5) is 0 Å². The molecular weight excluding hydrogens is 230 g/mol. The smallest absolute Gasteiger partial charge is 0.0334 e. The molecular formula is C18H23N. The Hall–Kier alpha value is -1.34. The summed E-state index contributed by atoms with van der Waals surface area (Å²) in [6.45, 7) is 9.33. The topological polar surface area (TPSA) is 26.0 Å². The molecule has 1 atom stereocenters. The first-order valence-corrected chi connectivity index (χ1v) is 7.10. The van der Waals surface area contributed by atoms with E-state index in [2.05, 4.69) is 70.2 Å². The average molecular weight is 253 g/mol. The van der Waals surface area contributed by atoms with Gasteiger partial charge in [0.25, 0.3) is 0 Å². The lowest BCUT2D eigenvalue weighted by atomic mass is 9.95. The fourth-order valence-corrected chi connectivity index (χ4v) is 3.75. The Balaban J connectivity index is 1.97. The Morgan fingerprint density at radius 2 is 1.47 bits per heavy atom. The van der Waals surface area contributed by atoms with Crippen molar-refractivity contribution in [1.82, 2.24) is 0 Å². The minimum absolute atomic E-state index is 0.134. The third-order valence-corrected chi connectivity index (χ3v) is 5.65. The van der Waals surface area contributed by atoms with Crippen LogP contribution in [0.5, 0.6) is 0 Å². The Bertz CT molecular complexity index is 610. The molecule has 1 fully saturated rings. The minimum Gasteiger partial charge on any atom is -0.324 e. The quantitative estimate of drug-likeness (QED) is 0.836. The van der Waals surface area contributed by atoms with E-state index in [-0.39, 0.29) is 6.04 Å². The van der Waals surface area contributed by atoms with Crippen LogP contribution in [-0.2, 0) is 0 Å². The van der Waals surface area contributed by atoms with Crippen LogP contribution in [0.3, 0.4) is 0 Å². The van der Waals surface area contributed by atoms with E-state index in [1.54, 1.807) is 0 Å². The Labute approximate surface area is 115 Å². The number of hydrogen-bond donors (Lipinski definition) is 1. The predicted octanol–water partition coefficient (Wildman–Crippen LogP) is 4.52. The Kier molecular flexibility index (Phi) is 2.56. The zero-order chi connectivity index (χ0) is 13.8. The van der Waals surface area contributed by atoms with Crippen molar-refractivity contribution in [3.05, 3.63) is 48.0 Å². The van der Waals surface area contributed by atoms with Gasteiger partial charge in [0.1, 0.15) is 0 Å². The SMILES string of the molecule is CC1(C)C(C(N)c2ccc3ccccc3c2)C1(C)C. The normalized spacial score (nSPS) is 22.4. The molecule has 0 saturated heterocycles. The fourth-order valence-electron chi connectivity index (χ4n) is 3.75. The summed E-state index contributed by atoms with van der Waals surface area (Å²) in [4.78, 5) is 0. The molecule has 1 saturated carbocycles. The first-order valence-electron chi connectivity index (χ1n) is 7.10. The molecule has 1 unspecified atom stereocenters. The molecule has 1 aliphatic carbocycles. The van der Waals surface area contributed by atoms with Crippen molar-refractivity contribution in [3.8, 4) is 0 Å². The Morgan fingerprint density at radius 1 is 0.895 bits per heavy atom. The number of rotatable bonds is 2. The van der Waals surface area contributed by atoms with E-state index in [1.165, 1.54) is 16.3 Å². The van der Waals surface area contributed by atoms with E-state index in [0.717, 1.165) is 0 Å². The molecule has 0 heterocycles. The molecule has 3 rings (SSSR count). The van der Waals surface area contributed by atoms with Gasteiger partial charge in [0.15, 0.2) is 0 Å². The van der Waals surface area contributed by atoms with Gasteiger partial charge in [-0.15, -0.1) is 0 Å². The van der Waals surface area contributed by atoms with Gasteiger partial charge in [-0.3, -0.25) is 0 Å².